The molecule has 0 aliphatic carbocycles. The molecule has 3 rings (SSSR count). The Bertz CT molecular complexity index is 1010. The van der Waals surface area contributed by atoms with Gasteiger partial charge in [0.2, 0.25) is 5.88 Å². The summed E-state index contributed by atoms with van der Waals surface area (Å²) in [6.07, 6.45) is 2.95. The smallest absolute Gasteiger partial charge is 0.341 e. The molecule has 2 heterocycles. The Hall–Kier alpha value is -3.61. The fourth-order valence-corrected chi connectivity index (χ4v) is 2.48. The van der Waals surface area contributed by atoms with Crippen molar-refractivity contribution in [3.8, 4) is 23.1 Å². The molecule has 0 spiro atoms. The third-order valence-electron chi connectivity index (χ3n) is 3.80. The summed E-state index contributed by atoms with van der Waals surface area (Å²) >= 11 is 0. The number of aromatic carboxylic acids is 1. The second kappa shape index (κ2) is 7.10. The number of hydrogen-bond donors (Lipinski definition) is 1. The first kappa shape index (κ1) is 17.2. The largest absolute Gasteiger partial charge is 0.493 e. The lowest BCUT2D eigenvalue weighted by atomic mass is 10.1. The molecule has 0 saturated heterocycles. The molecule has 7 nitrogen and oxygen atoms in total. The summed E-state index contributed by atoms with van der Waals surface area (Å²) in [5.74, 6) is 0.137. The van der Waals surface area contributed by atoms with Gasteiger partial charge >= 0.3 is 5.97 Å². The molecule has 0 aliphatic heterocycles. The SMILES string of the molecule is COc1ccccc1Oc1ccc(-n2ccc(C)c(C(=O)O)c2=O)cn1. The van der Waals surface area contributed by atoms with Crippen molar-refractivity contribution < 1.29 is 19.4 Å². The van der Waals surface area contributed by atoms with Crippen LogP contribution in [0.3, 0.4) is 0 Å². The summed E-state index contributed by atoms with van der Waals surface area (Å²) in [6.45, 7) is 1.58. The lowest BCUT2D eigenvalue weighted by Crippen LogP contribution is -2.26. The van der Waals surface area contributed by atoms with Crippen LogP contribution in [0.2, 0.25) is 0 Å². The van der Waals surface area contributed by atoms with E-state index in [1.807, 2.05) is 12.1 Å². The highest BCUT2D eigenvalue weighted by Gasteiger charge is 2.15. The van der Waals surface area contributed by atoms with Gasteiger partial charge in [0.1, 0.15) is 5.56 Å². The summed E-state index contributed by atoms with van der Waals surface area (Å²) in [4.78, 5) is 27.9. The zero-order valence-corrected chi connectivity index (χ0v) is 14.2. The molecule has 0 atom stereocenters. The highest BCUT2D eigenvalue weighted by Crippen LogP contribution is 2.30. The fraction of sp³-hybridized carbons (Fsp3) is 0.105. The van der Waals surface area contributed by atoms with E-state index in [9.17, 15) is 14.7 Å². The minimum Gasteiger partial charge on any atom is -0.493 e. The lowest BCUT2D eigenvalue weighted by molar-refractivity contribution is 0.0693. The number of carbonyl (C=O) groups is 1. The van der Waals surface area contributed by atoms with Crippen molar-refractivity contribution in [2.45, 2.75) is 6.92 Å². The van der Waals surface area contributed by atoms with Crippen molar-refractivity contribution in [3.63, 3.8) is 0 Å². The van der Waals surface area contributed by atoms with Crippen LogP contribution in [0.1, 0.15) is 15.9 Å². The molecule has 1 aromatic carbocycles. The number of rotatable bonds is 5. The number of aromatic nitrogens is 2. The molecule has 3 aromatic rings. The normalized spacial score (nSPS) is 10.4. The van der Waals surface area contributed by atoms with Crippen LogP contribution >= 0.6 is 0 Å². The average Bonchev–Trinajstić information content (AvgIpc) is 2.63. The standard InChI is InChI=1S/C19H16N2O5/c1-12-9-10-21(18(22)17(12)19(23)24)13-7-8-16(20-11-13)26-15-6-4-3-5-14(15)25-2/h3-11H,1-2H3,(H,23,24). The molecule has 2 aromatic heterocycles. The van der Waals surface area contributed by atoms with Gasteiger partial charge < -0.3 is 14.6 Å². The maximum Gasteiger partial charge on any atom is 0.341 e. The topological polar surface area (TPSA) is 90.6 Å². The van der Waals surface area contributed by atoms with Gasteiger partial charge in [-0.25, -0.2) is 9.78 Å². The molecule has 0 bridgehead atoms. The van der Waals surface area contributed by atoms with Crippen LogP contribution < -0.4 is 15.0 Å². The number of carboxylic acid groups (broad SMARTS) is 1. The number of methoxy groups -OCH3 is 1. The van der Waals surface area contributed by atoms with Crippen molar-refractivity contribution >= 4 is 5.97 Å². The first-order chi connectivity index (χ1) is 12.5. The molecule has 0 amide bonds. The minimum atomic E-state index is -1.26. The van der Waals surface area contributed by atoms with Crippen molar-refractivity contribution in [3.05, 3.63) is 76.3 Å². The number of aryl methyl sites for hydroxylation is 1. The van der Waals surface area contributed by atoms with Gasteiger partial charge in [0.25, 0.3) is 5.56 Å². The van der Waals surface area contributed by atoms with Gasteiger partial charge in [-0.1, -0.05) is 12.1 Å². The number of para-hydroxylation sites is 2. The van der Waals surface area contributed by atoms with Gasteiger partial charge in [-0.05, 0) is 36.8 Å². The van der Waals surface area contributed by atoms with E-state index in [1.54, 1.807) is 44.4 Å². The second-order valence-electron chi connectivity index (χ2n) is 5.46. The van der Waals surface area contributed by atoms with E-state index < -0.39 is 11.5 Å². The Morgan fingerprint density at radius 2 is 1.85 bits per heavy atom. The summed E-state index contributed by atoms with van der Waals surface area (Å²) in [5, 5.41) is 9.21. The first-order valence-corrected chi connectivity index (χ1v) is 7.74. The molecule has 0 aliphatic rings. The molecule has 132 valence electrons. The van der Waals surface area contributed by atoms with Crippen LogP contribution in [0.15, 0.2) is 59.7 Å². The van der Waals surface area contributed by atoms with E-state index >= 15 is 0 Å². The number of carboxylic acids is 1. The Morgan fingerprint density at radius 1 is 1.12 bits per heavy atom. The zero-order valence-electron chi connectivity index (χ0n) is 14.2. The summed E-state index contributed by atoms with van der Waals surface area (Å²) in [6, 6.07) is 11.9. The van der Waals surface area contributed by atoms with Gasteiger partial charge in [0.15, 0.2) is 11.5 Å². The van der Waals surface area contributed by atoms with E-state index in [0.717, 1.165) is 0 Å². The molecular weight excluding hydrogens is 336 g/mol. The number of nitrogens with zero attached hydrogens (tertiary/aromatic N) is 2. The van der Waals surface area contributed by atoms with E-state index in [-0.39, 0.29) is 5.56 Å². The van der Waals surface area contributed by atoms with Crippen molar-refractivity contribution in [1.29, 1.82) is 0 Å². The van der Waals surface area contributed by atoms with Crippen molar-refractivity contribution in [1.82, 2.24) is 9.55 Å². The maximum atomic E-state index is 12.4. The highest BCUT2D eigenvalue weighted by molar-refractivity contribution is 5.88. The number of ether oxygens (including phenoxy) is 2. The lowest BCUT2D eigenvalue weighted by Gasteiger charge is -2.11. The van der Waals surface area contributed by atoms with Crippen LogP contribution in [-0.2, 0) is 0 Å². The minimum absolute atomic E-state index is 0.262. The summed E-state index contributed by atoms with van der Waals surface area (Å²) < 4.78 is 12.1. The third-order valence-corrected chi connectivity index (χ3v) is 3.80. The Kier molecular flexibility index (Phi) is 4.70. The predicted molar refractivity (Wildman–Crippen MR) is 94.6 cm³/mol. The molecule has 26 heavy (non-hydrogen) atoms. The monoisotopic (exact) mass is 352 g/mol. The van der Waals surface area contributed by atoms with E-state index in [1.165, 1.54) is 17.0 Å². The molecule has 7 heteroatoms. The first-order valence-electron chi connectivity index (χ1n) is 7.74. The van der Waals surface area contributed by atoms with E-state index in [4.69, 9.17) is 9.47 Å². The Morgan fingerprint density at radius 3 is 2.46 bits per heavy atom. The van der Waals surface area contributed by atoms with Crippen LogP contribution in [0.4, 0.5) is 0 Å². The van der Waals surface area contributed by atoms with Crippen molar-refractivity contribution in [2.24, 2.45) is 0 Å². The summed E-state index contributed by atoms with van der Waals surface area (Å²) in [5.41, 5.74) is -0.0349. The van der Waals surface area contributed by atoms with Gasteiger partial charge in [0, 0.05) is 12.3 Å². The summed E-state index contributed by atoms with van der Waals surface area (Å²) in [7, 11) is 1.54. The molecule has 0 fully saturated rings. The van der Waals surface area contributed by atoms with Gasteiger partial charge in [0.05, 0.1) is 19.0 Å². The maximum absolute atomic E-state index is 12.4. The van der Waals surface area contributed by atoms with Gasteiger partial charge in [-0.15, -0.1) is 0 Å². The number of benzene rings is 1. The molecule has 0 saturated carbocycles. The van der Waals surface area contributed by atoms with Crippen LogP contribution in [-0.4, -0.2) is 27.7 Å². The quantitative estimate of drug-likeness (QED) is 0.759. The van der Waals surface area contributed by atoms with E-state index in [0.29, 0.717) is 28.6 Å². The molecule has 0 unspecified atom stereocenters. The molecular formula is C19H16N2O5. The Labute approximate surface area is 149 Å². The van der Waals surface area contributed by atoms with Crippen LogP contribution in [0, 0.1) is 6.92 Å². The van der Waals surface area contributed by atoms with Crippen LogP contribution in [0.25, 0.3) is 5.69 Å². The molecule has 1 N–H and O–H groups in total. The van der Waals surface area contributed by atoms with Gasteiger partial charge in [-0.3, -0.25) is 9.36 Å². The predicted octanol–water partition coefficient (Wildman–Crippen LogP) is 3.04. The highest BCUT2D eigenvalue weighted by atomic mass is 16.5. The van der Waals surface area contributed by atoms with Gasteiger partial charge in [-0.2, -0.15) is 0 Å². The number of hydrogen-bond acceptors (Lipinski definition) is 5. The van der Waals surface area contributed by atoms with Crippen molar-refractivity contribution in [2.75, 3.05) is 7.11 Å². The number of pyridine rings is 2. The average molecular weight is 352 g/mol. The zero-order chi connectivity index (χ0) is 18.7. The van der Waals surface area contributed by atoms with Crippen LogP contribution in [0.5, 0.6) is 17.4 Å². The second-order valence-corrected chi connectivity index (χ2v) is 5.46. The fourth-order valence-electron chi connectivity index (χ4n) is 2.48. The third kappa shape index (κ3) is 3.27. The Balaban J connectivity index is 1.92. The van der Waals surface area contributed by atoms with E-state index in [2.05, 4.69) is 4.98 Å². The molecule has 0 radical (unpaired) electrons.